The third kappa shape index (κ3) is 3.55. The Hall–Kier alpha value is -2.02. The number of hydrogen-bond donors (Lipinski definition) is 3. The summed E-state index contributed by atoms with van der Waals surface area (Å²) >= 11 is 0. The van der Waals surface area contributed by atoms with Gasteiger partial charge < -0.3 is 16.2 Å². The Bertz CT molecular complexity index is 636. The molecular weight excluding hydrogens is 273 g/mol. The van der Waals surface area contributed by atoms with E-state index >= 15 is 0 Å². The van der Waals surface area contributed by atoms with Gasteiger partial charge in [-0.3, -0.25) is 0 Å². The zero-order valence-corrected chi connectivity index (χ0v) is 12.2. The lowest BCUT2D eigenvalue weighted by Crippen LogP contribution is -2.39. The zero-order chi connectivity index (χ0) is 15.5. The van der Waals surface area contributed by atoms with E-state index in [1.54, 1.807) is 0 Å². The summed E-state index contributed by atoms with van der Waals surface area (Å²) in [5.41, 5.74) is 5.59. The van der Waals surface area contributed by atoms with Crippen molar-refractivity contribution in [2.24, 2.45) is 0 Å². The van der Waals surface area contributed by atoms with Gasteiger partial charge in [0.1, 0.15) is 5.82 Å². The monoisotopic (exact) mass is 293 g/mol. The number of pyridine rings is 1. The normalized spacial score (nSPS) is 14.1. The number of hydrogen-bond acceptors (Lipinski definition) is 6. The van der Waals surface area contributed by atoms with Gasteiger partial charge in [0.25, 0.3) is 0 Å². The molecule has 4 N–H and O–H groups in total. The highest BCUT2D eigenvalue weighted by Gasteiger charge is 2.24. The average molecular weight is 293 g/mol. The van der Waals surface area contributed by atoms with Crippen LogP contribution < -0.4 is 11.1 Å². The van der Waals surface area contributed by atoms with Crippen LogP contribution in [0, 0.1) is 5.95 Å². The molecule has 0 aliphatic carbocycles. The van der Waals surface area contributed by atoms with Gasteiger partial charge in [0, 0.05) is 11.5 Å². The Morgan fingerprint density at radius 3 is 2.86 bits per heavy atom. The third-order valence-electron chi connectivity index (χ3n) is 3.42. The lowest BCUT2D eigenvalue weighted by atomic mass is 9.95. The molecule has 0 aliphatic rings. The Morgan fingerprint density at radius 1 is 1.43 bits per heavy atom. The molecule has 0 spiro atoms. The molecule has 7 heteroatoms. The van der Waals surface area contributed by atoms with E-state index in [9.17, 15) is 9.50 Å². The maximum Gasteiger partial charge on any atom is 0.222 e. The van der Waals surface area contributed by atoms with Crippen LogP contribution in [0.15, 0.2) is 12.3 Å². The molecule has 0 radical (unpaired) electrons. The SMILES string of the molecule is CCCC[C@](C)(CO)Nc1nc(N)nc2cnc(F)cc12. The minimum Gasteiger partial charge on any atom is -0.394 e. The minimum absolute atomic E-state index is 0.0635. The molecular formula is C14H20FN5O. The highest BCUT2D eigenvalue weighted by Crippen LogP contribution is 2.26. The predicted octanol–water partition coefficient (Wildman–Crippen LogP) is 2.10. The van der Waals surface area contributed by atoms with Crippen molar-refractivity contribution in [3.63, 3.8) is 0 Å². The van der Waals surface area contributed by atoms with E-state index in [4.69, 9.17) is 5.73 Å². The summed E-state index contributed by atoms with van der Waals surface area (Å²) in [6.45, 7) is 3.91. The molecule has 1 atom stereocenters. The van der Waals surface area contributed by atoms with Crippen LogP contribution in [0.25, 0.3) is 10.9 Å². The fraction of sp³-hybridized carbons (Fsp3) is 0.500. The lowest BCUT2D eigenvalue weighted by molar-refractivity contribution is 0.212. The molecule has 0 amide bonds. The summed E-state index contributed by atoms with van der Waals surface area (Å²) < 4.78 is 13.4. The molecule has 2 aromatic rings. The van der Waals surface area contributed by atoms with Gasteiger partial charge in [0.05, 0.1) is 23.9 Å². The number of nitrogen functional groups attached to an aromatic ring is 1. The summed E-state index contributed by atoms with van der Waals surface area (Å²) in [6, 6.07) is 1.26. The summed E-state index contributed by atoms with van der Waals surface area (Å²) in [7, 11) is 0. The van der Waals surface area contributed by atoms with Gasteiger partial charge >= 0.3 is 0 Å². The van der Waals surface area contributed by atoms with Crippen LogP contribution in [-0.4, -0.2) is 32.2 Å². The third-order valence-corrected chi connectivity index (χ3v) is 3.42. The number of rotatable bonds is 6. The fourth-order valence-corrected chi connectivity index (χ4v) is 2.15. The first-order chi connectivity index (χ1) is 9.97. The second-order valence-corrected chi connectivity index (χ2v) is 5.40. The molecule has 114 valence electrons. The van der Waals surface area contributed by atoms with E-state index < -0.39 is 11.5 Å². The van der Waals surface area contributed by atoms with Gasteiger partial charge in [-0.1, -0.05) is 19.8 Å². The van der Waals surface area contributed by atoms with E-state index in [-0.39, 0.29) is 12.6 Å². The smallest absolute Gasteiger partial charge is 0.222 e. The number of nitrogens with zero attached hydrogens (tertiary/aromatic N) is 3. The van der Waals surface area contributed by atoms with E-state index in [0.29, 0.717) is 16.7 Å². The number of nitrogens with two attached hydrogens (primary N) is 1. The Labute approximate surface area is 122 Å². The van der Waals surface area contributed by atoms with Crippen molar-refractivity contribution in [2.75, 3.05) is 17.7 Å². The van der Waals surface area contributed by atoms with Crippen molar-refractivity contribution in [3.8, 4) is 0 Å². The minimum atomic E-state index is -0.613. The quantitative estimate of drug-likeness (QED) is 0.706. The average Bonchev–Trinajstić information content (AvgIpc) is 2.46. The molecule has 6 nitrogen and oxygen atoms in total. The number of nitrogens with one attached hydrogen (secondary N) is 1. The van der Waals surface area contributed by atoms with Crippen molar-refractivity contribution in [1.29, 1.82) is 0 Å². The Morgan fingerprint density at radius 2 is 2.19 bits per heavy atom. The van der Waals surface area contributed by atoms with Crippen LogP contribution in [0.3, 0.4) is 0 Å². The second kappa shape index (κ2) is 6.17. The van der Waals surface area contributed by atoms with Crippen LogP contribution in [0.2, 0.25) is 0 Å². The number of aromatic nitrogens is 3. The van der Waals surface area contributed by atoms with E-state index in [2.05, 4.69) is 27.2 Å². The molecule has 2 rings (SSSR count). The Kier molecular flexibility index (Phi) is 4.52. The van der Waals surface area contributed by atoms with Gasteiger partial charge in [-0.25, -0.2) is 9.97 Å². The van der Waals surface area contributed by atoms with Gasteiger partial charge in [-0.2, -0.15) is 9.37 Å². The van der Waals surface area contributed by atoms with Crippen molar-refractivity contribution < 1.29 is 9.50 Å². The maximum absolute atomic E-state index is 13.4. The fourth-order valence-electron chi connectivity index (χ4n) is 2.15. The van der Waals surface area contributed by atoms with Crippen molar-refractivity contribution in [1.82, 2.24) is 15.0 Å². The molecule has 0 saturated heterocycles. The lowest BCUT2D eigenvalue weighted by Gasteiger charge is -2.29. The van der Waals surface area contributed by atoms with Crippen LogP contribution in [0.1, 0.15) is 33.1 Å². The molecule has 0 saturated carbocycles. The predicted molar refractivity (Wildman–Crippen MR) is 80.3 cm³/mol. The largest absolute Gasteiger partial charge is 0.394 e. The van der Waals surface area contributed by atoms with E-state index in [1.165, 1.54) is 12.3 Å². The molecule has 0 aromatic carbocycles. The highest BCUT2D eigenvalue weighted by atomic mass is 19.1. The number of anilines is 2. The van der Waals surface area contributed by atoms with Gasteiger partial charge in [-0.05, 0) is 13.3 Å². The molecule has 0 unspecified atom stereocenters. The first-order valence-electron chi connectivity index (χ1n) is 6.95. The molecule has 0 fully saturated rings. The van der Waals surface area contributed by atoms with Crippen molar-refractivity contribution in [3.05, 3.63) is 18.2 Å². The topological polar surface area (TPSA) is 97.0 Å². The highest BCUT2D eigenvalue weighted by molar-refractivity contribution is 5.89. The first kappa shape index (κ1) is 15.4. The molecule has 21 heavy (non-hydrogen) atoms. The van der Waals surface area contributed by atoms with Crippen LogP contribution in [-0.2, 0) is 0 Å². The van der Waals surface area contributed by atoms with E-state index in [0.717, 1.165) is 19.3 Å². The first-order valence-corrected chi connectivity index (χ1v) is 6.95. The van der Waals surface area contributed by atoms with Crippen molar-refractivity contribution >= 4 is 22.7 Å². The van der Waals surface area contributed by atoms with Gasteiger partial charge in [0.2, 0.25) is 11.9 Å². The number of aliphatic hydroxyl groups is 1. The number of aliphatic hydroxyl groups excluding tert-OH is 1. The summed E-state index contributed by atoms with van der Waals surface area (Å²) in [6.07, 6.45) is 4.05. The molecule has 0 aliphatic heterocycles. The second-order valence-electron chi connectivity index (χ2n) is 5.40. The van der Waals surface area contributed by atoms with Gasteiger partial charge in [0.15, 0.2) is 0 Å². The van der Waals surface area contributed by atoms with Crippen LogP contribution in [0.5, 0.6) is 0 Å². The molecule has 2 aromatic heterocycles. The van der Waals surface area contributed by atoms with Crippen LogP contribution >= 0.6 is 0 Å². The van der Waals surface area contributed by atoms with Gasteiger partial charge in [-0.15, -0.1) is 0 Å². The van der Waals surface area contributed by atoms with Crippen molar-refractivity contribution in [2.45, 2.75) is 38.6 Å². The number of unbranched alkanes of at least 4 members (excludes halogenated alkanes) is 1. The number of halogens is 1. The summed E-state index contributed by atoms with van der Waals surface area (Å²) in [4.78, 5) is 11.7. The van der Waals surface area contributed by atoms with Crippen LogP contribution in [0.4, 0.5) is 16.2 Å². The maximum atomic E-state index is 13.4. The standard InChI is InChI=1S/C14H20FN5O/c1-3-4-5-14(2,8-21)20-12-9-6-11(15)17-7-10(9)18-13(16)19-12/h6-7,21H,3-5,8H2,1-2H3,(H3,16,18,19,20)/t14-/m1/s1. The zero-order valence-electron chi connectivity index (χ0n) is 12.2. The number of fused-ring (bicyclic) bond motifs is 1. The Balaban J connectivity index is 2.42. The summed E-state index contributed by atoms with van der Waals surface area (Å²) in [5.74, 6) is -0.126. The molecule has 2 heterocycles. The summed E-state index contributed by atoms with van der Waals surface area (Å²) in [5, 5.41) is 13.3. The molecule has 0 bridgehead atoms. The van der Waals surface area contributed by atoms with E-state index in [1.807, 2.05) is 6.92 Å².